The Morgan fingerprint density at radius 3 is 2.36 bits per heavy atom. The SMILES string of the molecule is O=[N+]([O-])c1cc(F)cc([SH](=O)(Cl)Cl)c1. The number of hydrogen-bond donors (Lipinski definition) is 1. The molecule has 0 aliphatic rings. The first kappa shape index (κ1) is 11.4. The molecule has 0 unspecified atom stereocenters. The van der Waals surface area contributed by atoms with Gasteiger partial charge in [-0.15, -0.1) is 0 Å². The van der Waals surface area contributed by atoms with Crippen LogP contribution in [0.25, 0.3) is 0 Å². The Morgan fingerprint density at radius 2 is 1.93 bits per heavy atom. The lowest BCUT2D eigenvalue weighted by molar-refractivity contribution is -0.385. The van der Waals surface area contributed by atoms with Crippen LogP contribution in [0.5, 0.6) is 0 Å². The molecular formula is C6H4Cl2FNO3S. The zero-order valence-electron chi connectivity index (χ0n) is 6.49. The van der Waals surface area contributed by atoms with Crippen molar-refractivity contribution in [2.45, 2.75) is 4.90 Å². The van der Waals surface area contributed by atoms with Crippen LogP contribution in [-0.2, 0) is 8.36 Å². The highest BCUT2D eigenvalue weighted by Crippen LogP contribution is 2.31. The van der Waals surface area contributed by atoms with Crippen molar-refractivity contribution in [2.24, 2.45) is 0 Å². The molecular weight excluding hydrogens is 256 g/mol. The van der Waals surface area contributed by atoms with E-state index < -0.39 is 24.8 Å². The standard InChI is InChI=1S/C6H4Cl2FNO3S/c7-14(8,13)6-2-4(9)1-5(3-6)10(11)12/h1-3,14H. The van der Waals surface area contributed by atoms with Gasteiger partial charge in [0.15, 0.2) is 0 Å². The molecule has 0 radical (unpaired) electrons. The van der Waals surface area contributed by atoms with Gasteiger partial charge in [-0.05, 0) is 27.4 Å². The second-order valence-electron chi connectivity index (χ2n) is 2.39. The summed E-state index contributed by atoms with van der Waals surface area (Å²) in [6, 6.07) is 2.37. The summed E-state index contributed by atoms with van der Waals surface area (Å²) in [6.45, 7) is 0. The van der Waals surface area contributed by atoms with E-state index in [1.807, 2.05) is 0 Å². The molecule has 8 heteroatoms. The van der Waals surface area contributed by atoms with Crippen LogP contribution in [0.2, 0.25) is 0 Å². The Bertz CT molecular complexity index is 433. The Labute approximate surface area is 88.2 Å². The summed E-state index contributed by atoms with van der Waals surface area (Å²) in [5.74, 6) is -0.907. The molecule has 0 saturated heterocycles. The summed E-state index contributed by atoms with van der Waals surface area (Å²) in [5, 5.41) is 10.3. The lowest BCUT2D eigenvalue weighted by Crippen LogP contribution is -1.97. The molecule has 0 heterocycles. The number of halogens is 3. The third kappa shape index (κ3) is 2.63. The van der Waals surface area contributed by atoms with Crippen LogP contribution < -0.4 is 0 Å². The van der Waals surface area contributed by atoms with Gasteiger partial charge in [0.25, 0.3) is 5.69 Å². The molecule has 0 amide bonds. The first-order chi connectivity index (χ1) is 6.30. The van der Waals surface area contributed by atoms with E-state index in [1.54, 1.807) is 0 Å². The van der Waals surface area contributed by atoms with Crippen LogP contribution >= 0.6 is 21.4 Å². The van der Waals surface area contributed by atoms with Crippen LogP contribution in [-0.4, -0.2) is 9.13 Å². The normalized spacial score (nSPS) is 12.5. The molecule has 0 bridgehead atoms. The monoisotopic (exact) mass is 259 g/mol. The van der Waals surface area contributed by atoms with Crippen LogP contribution in [0.1, 0.15) is 0 Å². The van der Waals surface area contributed by atoms with Gasteiger partial charge in [-0.25, -0.2) is 4.39 Å². The van der Waals surface area contributed by atoms with Crippen molar-refractivity contribution in [3.63, 3.8) is 0 Å². The van der Waals surface area contributed by atoms with E-state index in [1.165, 1.54) is 0 Å². The molecule has 0 aromatic heterocycles. The maximum Gasteiger partial charge on any atom is 0.273 e. The Balaban J connectivity index is 3.35. The number of benzene rings is 1. The van der Waals surface area contributed by atoms with Crippen molar-refractivity contribution >= 4 is 35.4 Å². The molecule has 1 aromatic rings. The van der Waals surface area contributed by atoms with Crippen LogP contribution in [0.4, 0.5) is 10.1 Å². The maximum absolute atomic E-state index is 12.8. The number of nitro groups is 1. The summed E-state index contributed by atoms with van der Waals surface area (Å²) in [4.78, 5) is 9.19. The van der Waals surface area contributed by atoms with Gasteiger partial charge in [0.1, 0.15) is 5.82 Å². The third-order valence-electron chi connectivity index (χ3n) is 1.38. The highest BCUT2D eigenvalue weighted by molar-refractivity contribution is 8.40. The predicted molar refractivity (Wildman–Crippen MR) is 52.6 cm³/mol. The fourth-order valence-corrected chi connectivity index (χ4v) is 1.96. The molecule has 0 N–H and O–H groups in total. The van der Waals surface area contributed by atoms with Gasteiger partial charge in [-0.1, -0.05) is 0 Å². The first-order valence-electron chi connectivity index (χ1n) is 3.25. The largest absolute Gasteiger partial charge is 0.273 e. The minimum absolute atomic E-state index is 0.285. The van der Waals surface area contributed by atoms with E-state index in [9.17, 15) is 18.7 Å². The fraction of sp³-hybridized carbons (Fsp3) is 0. The molecule has 0 saturated carbocycles. The van der Waals surface area contributed by atoms with E-state index in [-0.39, 0.29) is 4.90 Å². The highest BCUT2D eigenvalue weighted by Gasteiger charge is 2.17. The summed E-state index contributed by atoms with van der Waals surface area (Å²) in [7, 11) is 6.77. The van der Waals surface area contributed by atoms with E-state index in [0.717, 1.165) is 12.1 Å². The van der Waals surface area contributed by atoms with Crippen molar-refractivity contribution in [1.82, 2.24) is 0 Å². The number of nitrogens with zero attached hydrogens (tertiary/aromatic N) is 1. The second kappa shape index (κ2) is 3.80. The summed E-state index contributed by atoms with van der Waals surface area (Å²) in [6.07, 6.45) is 0. The summed E-state index contributed by atoms with van der Waals surface area (Å²) >= 11 is 0. The number of thiol groups is 1. The molecule has 0 aliphatic carbocycles. The minimum Gasteiger partial charge on any atom is -0.258 e. The zero-order valence-corrected chi connectivity index (χ0v) is 8.89. The van der Waals surface area contributed by atoms with Gasteiger partial charge >= 0.3 is 0 Å². The fourth-order valence-electron chi connectivity index (χ4n) is 0.815. The Morgan fingerprint density at radius 1 is 1.36 bits per heavy atom. The lowest BCUT2D eigenvalue weighted by Gasteiger charge is -2.06. The molecule has 0 aliphatic heterocycles. The van der Waals surface area contributed by atoms with Gasteiger partial charge in [-0.2, -0.15) is 0 Å². The zero-order chi connectivity index (χ0) is 10.9. The van der Waals surface area contributed by atoms with Gasteiger partial charge in [0, 0.05) is 6.07 Å². The smallest absolute Gasteiger partial charge is 0.258 e. The van der Waals surface area contributed by atoms with E-state index in [2.05, 4.69) is 0 Å². The quantitative estimate of drug-likeness (QED) is 0.384. The van der Waals surface area contributed by atoms with E-state index >= 15 is 0 Å². The van der Waals surface area contributed by atoms with Crippen LogP contribution in [0, 0.1) is 15.9 Å². The Kier molecular flexibility index (Phi) is 3.08. The lowest BCUT2D eigenvalue weighted by atomic mass is 10.3. The average molecular weight is 260 g/mol. The molecule has 1 aromatic carbocycles. The van der Waals surface area contributed by atoms with E-state index in [0.29, 0.717) is 6.07 Å². The number of hydrogen-bond acceptors (Lipinski definition) is 3. The molecule has 0 atom stereocenters. The molecule has 0 spiro atoms. The van der Waals surface area contributed by atoms with Crippen molar-refractivity contribution in [1.29, 1.82) is 0 Å². The van der Waals surface area contributed by atoms with Gasteiger partial charge in [0.05, 0.1) is 24.2 Å². The summed E-state index contributed by atoms with van der Waals surface area (Å²) < 4.78 is 23.9. The number of rotatable bonds is 2. The van der Waals surface area contributed by atoms with Crippen molar-refractivity contribution in [2.75, 3.05) is 0 Å². The van der Waals surface area contributed by atoms with E-state index in [4.69, 9.17) is 21.4 Å². The topological polar surface area (TPSA) is 60.2 Å². The van der Waals surface area contributed by atoms with Crippen molar-refractivity contribution in [3.8, 4) is 0 Å². The molecule has 78 valence electrons. The van der Waals surface area contributed by atoms with Gasteiger partial charge < -0.3 is 0 Å². The van der Waals surface area contributed by atoms with Crippen LogP contribution in [0.15, 0.2) is 23.1 Å². The highest BCUT2D eigenvalue weighted by atomic mass is 36.0. The third-order valence-corrected chi connectivity index (χ3v) is 3.41. The van der Waals surface area contributed by atoms with Gasteiger partial charge in [0.2, 0.25) is 0 Å². The van der Waals surface area contributed by atoms with Crippen molar-refractivity contribution < 1.29 is 13.5 Å². The van der Waals surface area contributed by atoms with Gasteiger partial charge in [-0.3, -0.25) is 14.3 Å². The molecule has 4 nitrogen and oxygen atoms in total. The minimum atomic E-state index is -3.71. The summed E-state index contributed by atoms with van der Waals surface area (Å²) in [5.41, 5.74) is -0.540. The molecule has 1 rings (SSSR count). The second-order valence-corrected chi connectivity index (χ2v) is 7.20. The molecule has 14 heavy (non-hydrogen) atoms. The number of non-ortho nitro benzene ring substituents is 1. The predicted octanol–water partition coefficient (Wildman–Crippen LogP) is 2.42. The maximum atomic E-state index is 12.8. The number of nitro benzene ring substituents is 1. The first-order valence-corrected chi connectivity index (χ1v) is 6.77. The Hall–Kier alpha value is -0.720. The van der Waals surface area contributed by atoms with Crippen molar-refractivity contribution in [3.05, 3.63) is 34.1 Å². The molecule has 0 fully saturated rings. The average Bonchev–Trinajstić information content (AvgIpc) is 2.01. The van der Waals surface area contributed by atoms with Crippen LogP contribution in [0.3, 0.4) is 0 Å².